The molecule has 9 nitrogen and oxygen atoms in total. The Morgan fingerprint density at radius 2 is 1.74 bits per heavy atom. The van der Waals surface area contributed by atoms with E-state index in [1.807, 2.05) is 60.4 Å². The zero-order chi connectivity index (χ0) is 23.9. The van der Waals surface area contributed by atoms with Gasteiger partial charge in [-0.05, 0) is 48.5 Å². The fraction of sp³-hybridized carbons (Fsp3) is 0.333. The van der Waals surface area contributed by atoms with Gasteiger partial charge in [-0.3, -0.25) is 9.59 Å². The number of hydrogen-bond acceptors (Lipinski definition) is 8. The molecule has 1 aromatic heterocycles. The monoisotopic (exact) mass is 481 g/mol. The minimum atomic E-state index is -0.159. The van der Waals surface area contributed by atoms with Crippen LogP contribution >= 0.6 is 11.8 Å². The number of thioether (sulfide) groups is 1. The number of amides is 2. The molecule has 0 bridgehead atoms. The minimum Gasteiger partial charge on any atom is -0.497 e. The Labute approximate surface area is 202 Å². The van der Waals surface area contributed by atoms with Crippen LogP contribution in [-0.2, 0) is 9.59 Å². The summed E-state index contributed by atoms with van der Waals surface area (Å²) >= 11 is 1.18. The summed E-state index contributed by atoms with van der Waals surface area (Å²) in [5.74, 6) is 1.33. The van der Waals surface area contributed by atoms with E-state index in [2.05, 4.69) is 20.4 Å². The Hall–Kier alpha value is -3.53. The van der Waals surface area contributed by atoms with E-state index in [0.717, 1.165) is 48.9 Å². The third-order valence-corrected chi connectivity index (χ3v) is 6.34. The normalized spacial score (nSPS) is 13.6. The molecule has 4 rings (SSSR count). The first-order valence-corrected chi connectivity index (χ1v) is 12.1. The number of aromatic nitrogens is 2. The van der Waals surface area contributed by atoms with Crippen molar-refractivity contribution in [3.8, 4) is 17.2 Å². The topological polar surface area (TPSA) is 101 Å². The predicted molar refractivity (Wildman–Crippen MR) is 131 cm³/mol. The van der Waals surface area contributed by atoms with Gasteiger partial charge in [-0.25, -0.2) is 0 Å². The number of nitrogens with one attached hydrogen (secondary N) is 1. The second kappa shape index (κ2) is 11.1. The van der Waals surface area contributed by atoms with Gasteiger partial charge in [0.25, 0.3) is 5.22 Å². The zero-order valence-electron chi connectivity index (χ0n) is 19.2. The third-order valence-electron chi connectivity index (χ3n) is 5.52. The summed E-state index contributed by atoms with van der Waals surface area (Å²) in [5, 5.41) is 11.3. The van der Waals surface area contributed by atoms with Crippen LogP contribution in [0.5, 0.6) is 5.75 Å². The number of piperazine rings is 1. The number of ether oxygens (including phenoxy) is 1. The molecule has 0 spiro atoms. The van der Waals surface area contributed by atoms with Crippen LogP contribution in [0.15, 0.2) is 58.2 Å². The van der Waals surface area contributed by atoms with Crippen LogP contribution in [0.3, 0.4) is 0 Å². The molecule has 1 fully saturated rings. The Kier molecular flexibility index (Phi) is 7.69. The van der Waals surface area contributed by atoms with E-state index < -0.39 is 0 Å². The predicted octanol–water partition coefficient (Wildman–Crippen LogP) is 3.53. The Balaban J connectivity index is 1.24. The zero-order valence-corrected chi connectivity index (χ0v) is 20.0. The number of anilines is 2. The van der Waals surface area contributed by atoms with Crippen molar-refractivity contribution < 1.29 is 18.7 Å². The highest BCUT2D eigenvalue weighted by Crippen LogP contribution is 2.25. The van der Waals surface area contributed by atoms with Gasteiger partial charge in [0.05, 0.1) is 12.9 Å². The average molecular weight is 482 g/mol. The number of rotatable bonds is 8. The Morgan fingerprint density at radius 3 is 2.38 bits per heavy atom. The first-order chi connectivity index (χ1) is 16.6. The van der Waals surface area contributed by atoms with Crippen LogP contribution in [0.1, 0.15) is 13.3 Å². The first kappa shape index (κ1) is 23.6. The molecule has 1 aliphatic heterocycles. The average Bonchev–Trinajstić information content (AvgIpc) is 3.37. The molecular formula is C24H27N5O4S. The number of hydrogen-bond donors (Lipinski definition) is 1. The van der Waals surface area contributed by atoms with E-state index in [1.54, 1.807) is 7.11 Å². The fourth-order valence-electron chi connectivity index (χ4n) is 3.64. The molecule has 10 heteroatoms. The molecule has 2 amide bonds. The second-order valence-corrected chi connectivity index (χ2v) is 8.63. The van der Waals surface area contributed by atoms with Crippen molar-refractivity contribution in [2.45, 2.75) is 18.6 Å². The number of benzene rings is 2. The lowest BCUT2D eigenvalue weighted by molar-refractivity contribution is -0.131. The summed E-state index contributed by atoms with van der Waals surface area (Å²) in [5.41, 5.74) is 2.58. The van der Waals surface area contributed by atoms with Gasteiger partial charge in [0.2, 0.25) is 17.7 Å². The summed E-state index contributed by atoms with van der Waals surface area (Å²) in [4.78, 5) is 28.4. The van der Waals surface area contributed by atoms with Crippen molar-refractivity contribution in [1.29, 1.82) is 0 Å². The van der Waals surface area contributed by atoms with Crippen molar-refractivity contribution >= 4 is 35.0 Å². The summed E-state index contributed by atoms with van der Waals surface area (Å²) in [7, 11) is 1.61. The first-order valence-electron chi connectivity index (χ1n) is 11.1. The lowest BCUT2D eigenvalue weighted by atomic mass is 10.2. The van der Waals surface area contributed by atoms with Crippen LogP contribution in [0.25, 0.3) is 11.5 Å². The highest BCUT2D eigenvalue weighted by molar-refractivity contribution is 7.99. The molecule has 0 radical (unpaired) electrons. The molecule has 1 N–H and O–H groups in total. The molecule has 178 valence electrons. The van der Waals surface area contributed by atoms with Gasteiger partial charge in [-0.1, -0.05) is 18.7 Å². The molecule has 34 heavy (non-hydrogen) atoms. The minimum absolute atomic E-state index is 0.152. The summed E-state index contributed by atoms with van der Waals surface area (Å²) in [6.45, 7) is 4.96. The van der Waals surface area contributed by atoms with Gasteiger partial charge < -0.3 is 24.3 Å². The quantitative estimate of drug-likeness (QED) is 0.488. The van der Waals surface area contributed by atoms with Crippen molar-refractivity contribution in [3.05, 3.63) is 48.5 Å². The Bertz CT molecular complexity index is 1110. The SMILES string of the molecule is CCC(=O)N1CCN(c2ccc(NC(=O)CSc3nnc(-c4ccc(OC)cc4)o3)cc2)CC1. The van der Waals surface area contributed by atoms with E-state index in [0.29, 0.717) is 17.5 Å². The van der Waals surface area contributed by atoms with Crippen LogP contribution in [0.4, 0.5) is 11.4 Å². The maximum atomic E-state index is 12.4. The van der Waals surface area contributed by atoms with Crippen LogP contribution in [-0.4, -0.2) is 66.0 Å². The van der Waals surface area contributed by atoms with Crippen LogP contribution in [0.2, 0.25) is 0 Å². The van der Waals surface area contributed by atoms with Crippen LogP contribution < -0.4 is 15.0 Å². The van der Waals surface area contributed by atoms with Crippen molar-refractivity contribution in [3.63, 3.8) is 0 Å². The number of carbonyl (C=O) groups is 2. The highest BCUT2D eigenvalue weighted by atomic mass is 32.2. The Morgan fingerprint density at radius 1 is 1.03 bits per heavy atom. The molecule has 1 saturated heterocycles. The number of carbonyl (C=O) groups excluding carboxylic acids is 2. The number of methoxy groups -OCH3 is 1. The highest BCUT2D eigenvalue weighted by Gasteiger charge is 2.20. The molecule has 2 aromatic carbocycles. The van der Waals surface area contributed by atoms with E-state index in [4.69, 9.17) is 9.15 Å². The molecule has 0 unspecified atom stereocenters. The van der Waals surface area contributed by atoms with E-state index in [1.165, 1.54) is 11.8 Å². The van der Waals surface area contributed by atoms with Crippen molar-refractivity contribution in [1.82, 2.24) is 15.1 Å². The van der Waals surface area contributed by atoms with E-state index in [9.17, 15) is 9.59 Å². The third kappa shape index (κ3) is 5.88. The molecular weight excluding hydrogens is 454 g/mol. The molecule has 0 saturated carbocycles. The molecule has 0 aliphatic carbocycles. The van der Waals surface area contributed by atoms with Crippen molar-refractivity contribution in [2.24, 2.45) is 0 Å². The summed E-state index contributed by atoms with van der Waals surface area (Å²) in [6, 6.07) is 15.0. The fourth-order valence-corrected chi connectivity index (χ4v) is 4.20. The number of nitrogens with zero attached hydrogens (tertiary/aromatic N) is 4. The second-order valence-electron chi connectivity index (χ2n) is 7.71. The van der Waals surface area contributed by atoms with Gasteiger partial charge >= 0.3 is 0 Å². The van der Waals surface area contributed by atoms with Gasteiger partial charge in [0.15, 0.2) is 0 Å². The van der Waals surface area contributed by atoms with Crippen LogP contribution in [0, 0.1) is 0 Å². The van der Waals surface area contributed by atoms with E-state index in [-0.39, 0.29) is 17.6 Å². The maximum Gasteiger partial charge on any atom is 0.277 e. The molecule has 3 aromatic rings. The largest absolute Gasteiger partial charge is 0.497 e. The maximum absolute atomic E-state index is 12.4. The lowest BCUT2D eigenvalue weighted by Crippen LogP contribution is -2.48. The summed E-state index contributed by atoms with van der Waals surface area (Å²) in [6.07, 6.45) is 0.545. The standard InChI is InChI=1S/C24H27N5O4S/c1-3-22(31)29-14-12-28(13-15-29)19-8-6-18(7-9-19)25-21(30)16-34-24-27-26-23(33-24)17-4-10-20(32-2)11-5-17/h4-11H,3,12-16H2,1-2H3,(H,25,30). The van der Waals surface area contributed by atoms with Gasteiger partial charge in [0.1, 0.15) is 5.75 Å². The van der Waals surface area contributed by atoms with E-state index >= 15 is 0 Å². The molecule has 0 atom stereocenters. The van der Waals surface area contributed by atoms with Crippen molar-refractivity contribution in [2.75, 3.05) is 49.3 Å². The summed E-state index contributed by atoms with van der Waals surface area (Å²) < 4.78 is 10.8. The van der Waals surface area contributed by atoms with Gasteiger partial charge in [0, 0.05) is 49.5 Å². The van der Waals surface area contributed by atoms with Gasteiger partial charge in [-0.2, -0.15) is 0 Å². The molecule has 2 heterocycles. The lowest BCUT2D eigenvalue weighted by Gasteiger charge is -2.36. The smallest absolute Gasteiger partial charge is 0.277 e. The molecule has 1 aliphatic rings. The van der Waals surface area contributed by atoms with Gasteiger partial charge in [-0.15, -0.1) is 10.2 Å².